The van der Waals surface area contributed by atoms with E-state index in [-0.39, 0.29) is 123 Å². The summed E-state index contributed by atoms with van der Waals surface area (Å²) in [6, 6.07) is 0. The molecule has 0 aromatic carbocycles. The maximum atomic E-state index is 0. The molecule has 0 nitrogen and oxygen atoms in total. The number of hydrogen-bond donors (Lipinski definition) is 0. The Labute approximate surface area is 121 Å². The van der Waals surface area contributed by atoms with Crippen molar-refractivity contribution >= 4 is 0 Å². The Balaban J connectivity index is 0. The van der Waals surface area contributed by atoms with Crippen LogP contribution in [0.3, 0.4) is 0 Å². The van der Waals surface area contributed by atoms with Crippen LogP contribution in [0.1, 0.15) is 0 Å². The number of hydrogen-bond acceptors (Lipinski definition) is 0. The van der Waals surface area contributed by atoms with E-state index in [1.807, 2.05) is 0 Å². The maximum absolute atomic E-state index is 0. The standard InChI is InChI=1S/Nd.5Ni. The first-order valence-corrected chi connectivity index (χ1v) is 0. The summed E-state index contributed by atoms with van der Waals surface area (Å²) in [4.78, 5) is 0. The summed E-state index contributed by atoms with van der Waals surface area (Å²) in [5.74, 6) is 0. The Hall–Kier alpha value is 3.82. The molecule has 6 heavy (non-hydrogen) atoms. The molecular formula is NdNi5. The van der Waals surface area contributed by atoms with Gasteiger partial charge in [-0.25, -0.2) is 0 Å². The molecule has 0 aliphatic carbocycles. The molecule has 0 bridgehead atoms. The Bertz CT molecular complexity index is 3.90. The number of rotatable bonds is 0. The van der Waals surface area contributed by atoms with Crippen LogP contribution in [0.15, 0.2) is 0 Å². The van der Waals surface area contributed by atoms with Crippen LogP contribution < -0.4 is 0 Å². The molecule has 0 amide bonds. The summed E-state index contributed by atoms with van der Waals surface area (Å²) in [5.41, 5.74) is 0. The van der Waals surface area contributed by atoms with Crippen molar-refractivity contribution in [2.75, 3.05) is 0 Å². The van der Waals surface area contributed by atoms with E-state index in [4.69, 9.17) is 0 Å². The first kappa shape index (κ1) is 52.4. The van der Waals surface area contributed by atoms with Gasteiger partial charge in [0.15, 0.2) is 0 Å². The summed E-state index contributed by atoms with van der Waals surface area (Å²) in [5, 5.41) is 0. The third-order valence-corrected chi connectivity index (χ3v) is 0. The smallest absolute Gasteiger partial charge is 0 e. The van der Waals surface area contributed by atoms with Gasteiger partial charge in [0.25, 0.3) is 0 Å². The van der Waals surface area contributed by atoms with Gasteiger partial charge in [-0.1, -0.05) is 0 Å². The van der Waals surface area contributed by atoms with Gasteiger partial charge in [0.1, 0.15) is 0 Å². The molecule has 0 radical (unpaired) electrons. The predicted octanol–water partition coefficient (Wildman–Crippen LogP) is -0.0125. The van der Waals surface area contributed by atoms with Crippen molar-refractivity contribution in [2.24, 2.45) is 0 Å². The Morgan fingerprint density at radius 1 is 0.333 bits per heavy atom. The second-order valence-electron chi connectivity index (χ2n) is 0. The molecule has 6 heteroatoms. The van der Waals surface area contributed by atoms with Crippen LogP contribution in [0.25, 0.3) is 0 Å². The zero-order valence-electron chi connectivity index (χ0n) is 2.08. The van der Waals surface area contributed by atoms with Gasteiger partial charge in [-0.3, -0.25) is 0 Å². The van der Waals surface area contributed by atoms with Gasteiger partial charge < -0.3 is 0 Å². The summed E-state index contributed by atoms with van der Waals surface area (Å²) in [6.45, 7) is 0. The van der Waals surface area contributed by atoms with Crippen molar-refractivity contribution in [3.05, 3.63) is 0 Å². The summed E-state index contributed by atoms with van der Waals surface area (Å²) in [7, 11) is 0. The van der Waals surface area contributed by atoms with Gasteiger partial charge in [0.05, 0.1) is 0 Å². The average molecular weight is 438 g/mol. The Kier molecular flexibility index (Phi) is 323. The first-order chi connectivity index (χ1) is 0. The molecule has 0 aliphatic rings. The van der Waals surface area contributed by atoms with Gasteiger partial charge in [0, 0.05) is 123 Å². The van der Waals surface area contributed by atoms with Gasteiger partial charge in [-0.2, -0.15) is 0 Å². The van der Waals surface area contributed by atoms with Crippen LogP contribution in [0, 0.1) is 40.8 Å². The molecule has 0 aromatic rings. The molecule has 0 atom stereocenters. The third kappa shape index (κ3) is 24.9. The zero-order valence-corrected chi connectivity index (χ0v) is 10.2. The molecule has 0 aliphatic heterocycles. The fourth-order valence-corrected chi connectivity index (χ4v) is 0. The van der Waals surface area contributed by atoms with Gasteiger partial charge >= 0.3 is 0 Å². The average Bonchev–Trinajstić information content (AvgIpc) is 0. The SMILES string of the molecule is [Nd].[Ni].[Ni].[Ni].[Ni].[Ni]. The largest absolute Gasteiger partial charge is 0 e. The second kappa shape index (κ2) is 37.0. The molecule has 0 saturated heterocycles. The fraction of sp³-hybridized carbons (Fsp3) is 0. The Morgan fingerprint density at radius 2 is 0.333 bits per heavy atom. The van der Waals surface area contributed by atoms with Crippen molar-refractivity contribution in [2.45, 2.75) is 0 Å². The van der Waals surface area contributed by atoms with Gasteiger partial charge in [-0.15, -0.1) is 0 Å². The quantitative estimate of drug-likeness (QED) is 0.468. The molecule has 0 unspecified atom stereocenters. The summed E-state index contributed by atoms with van der Waals surface area (Å²) >= 11 is 0. The molecule has 0 saturated carbocycles. The third-order valence-electron chi connectivity index (χ3n) is 0. The van der Waals surface area contributed by atoms with E-state index in [2.05, 4.69) is 0 Å². The van der Waals surface area contributed by atoms with E-state index in [1.54, 1.807) is 0 Å². The molecule has 0 rings (SSSR count). The van der Waals surface area contributed by atoms with E-state index in [0.717, 1.165) is 0 Å². The van der Waals surface area contributed by atoms with Crippen LogP contribution in [-0.4, -0.2) is 0 Å². The maximum Gasteiger partial charge on any atom is 0 e. The van der Waals surface area contributed by atoms with Crippen molar-refractivity contribution in [1.29, 1.82) is 0 Å². The van der Waals surface area contributed by atoms with E-state index < -0.39 is 0 Å². The topological polar surface area (TPSA) is 0 Å². The predicted molar refractivity (Wildman–Crippen MR) is 0 cm³/mol. The van der Waals surface area contributed by atoms with Crippen LogP contribution in [0.4, 0.5) is 0 Å². The molecule has 0 N–H and O–H groups in total. The van der Waals surface area contributed by atoms with E-state index in [9.17, 15) is 0 Å². The molecule has 0 heterocycles. The molecule has 0 aromatic heterocycles. The molecule has 0 fully saturated rings. The molecule has 54 valence electrons. The first-order valence-electron chi connectivity index (χ1n) is 0. The van der Waals surface area contributed by atoms with Crippen LogP contribution >= 0.6 is 0 Å². The normalized spacial score (nSPS) is 0. The Morgan fingerprint density at radius 3 is 0.333 bits per heavy atom. The minimum Gasteiger partial charge on any atom is 0 e. The van der Waals surface area contributed by atoms with E-state index in [1.165, 1.54) is 0 Å². The molecular weight excluding hydrogens is 438 g/mol. The van der Waals surface area contributed by atoms with Crippen LogP contribution in [0.2, 0.25) is 0 Å². The van der Waals surface area contributed by atoms with Gasteiger partial charge in [0.2, 0.25) is 0 Å². The van der Waals surface area contributed by atoms with Crippen LogP contribution in [-0.2, 0) is 82.5 Å². The monoisotopic (exact) mass is 432 g/mol. The minimum absolute atomic E-state index is 0. The van der Waals surface area contributed by atoms with Crippen molar-refractivity contribution in [1.82, 2.24) is 0 Å². The summed E-state index contributed by atoms with van der Waals surface area (Å²) in [6.07, 6.45) is 0. The van der Waals surface area contributed by atoms with Crippen molar-refractivity contribution in [3.63, 3.8) is 0 Å². The summed E-state index contributed by atoms with van der Waals surface area (Å²) < 4.78 is 0. The van der Waals surface area contributed by atoms with Gasteiger partial charge in [-0.05, 0) is 0 Å². The minimum atomic E-state index is 0. The zero-order chi connectivity index (χ0) is 0. The molecule has 0 spiro atoms. The van der Waals surface area contributed by atoms with Crippen molar-refractivity contribution in [3.8, 4) is 0 Å². The van der Waals surface area contributed by atoms with Crippen molar-refractivity contribution < 1.29 is 123 Å². The fourth-order valence-electron chi connectivity index (χ4n) is 0. The van der Waals surface area contributed by atoms with E-state index >= 15 is 0 Å². The van der Waals surface area contributed by atoms with Crippen LogP contribution in [0.5, 0.6) is 0 Å². The van der Waals surface area contributed by atoms with E-state index in [0.29, 0.717) is 0 Å². The second-order valence-corrected chi connectivity index (χ2v) is 0.